The van der Waals surface area contributed by atoms with Gasteiger partial charge in [-0.25, -0.2) is 9.37 Å². The number of hydrogen-bond acceptors (Lipinski definition) is 3. The molecule has 6 nitrogen and oxygen atoms in total. The fraction of sp³-hybridized carbons (Fsp3) is 0.211. The number of carbonyl (C=O) groups is 2. The second kappa shape index (κ2) is 7.77. The van der Waals surface area contributed by atoms with E-state index in [4.69, 9.17) is 0 Å². The number of amides is 2. The fourth-order valence-corrected chi connectivity index (χ4v) is 2.64. The molecule has 0 spiro atoms. The lowest BCUT2D eigenvalue weighted by Crippen LogP contribution is -2.29. The highest BCUT2D eigenvalue weighted by atomic mass is 19.1. The van der Waals surface area contributed by atoms with Gasteiger partial charge in [0.15, 0.2) is 0 Å². The van der Waals surface area contributed by atoms with Crippen molar-refractivity contribution in [1.82, 2.24) is 20.2 Å². The average Bonchev–Trinajstić information content (AvgIpc) is 2.97. The SMILES string of the molecule is CC(=O)NCc1nc2ccccc2n1CC(=O)NCc1ccc(F)cc1. The van der Waals surface area contributed by atoms with Gasteiger partial charge in [-0.2, -0.15) is 0 Å². The van der Waals surface area contributed by atoms with E-state index in [0.29, 0.717) is 12.4 Å². The minimum Gasteiger partial charge on any atom is -0.350 e. The molecule has 134 valence electrons. The van der Waals surface area contributed by atoms with Gasteiger partial charge in [0.05, 0.1) is 17.6 Å². The number of nitrogens with one attached hydrogen (secondary N) is 2. The van der Waals surface area contributed by atoms with Crippen LogP contribution in [-0.2, 0) is 29.2 Å². The summed E-state index contributed by atoms with van der Waals surface area (Å²) in [5.74, 6) is -0.0585. The van der Waals surface area contributed by atoms with Crippen LogP contribution < -0.4 is 10.6 Å². The first-order valence-electron chi connectivity index (χ1n) is 8.22. The Hall–Kier alpha value is -3.22. The molecule has 0 saturated heterocycles. The molecule has 3 aromatic rings. The van der Waals surface area contributed by atoms with Crippen molar-refractivity contribution in [3.8, 4) is 0 Å². The molecule has 1 heterocycles. The van der Waals surface area contributed by atoms with Gasteiger partial charge in [-0.05, 0) is 29.8 Å². The molecule has 0 aliphatic heterocycles. The molecule has 7 heteroatoms. The molecule has 1 aromatic heterocycles. The standard InChI is InChI=1S/C19H19FN4O2/c1-13(25)21-11-18-23-16-4-2-3-5-17(16)24(18)12-19(26)22-10-14-6-8-15(20)9-7-14/h2-9H,10-12H2,1H3,(H,21,25)(H,22,26). The van der Waals surface area contributed by atoms with Crippen LogP contribution in [-0.4, -0.2) is 21.4 Å². The predicted octanol–water partition coefficient (Wildman–Crippen LogP) is 2.13. The van der Waals surface area contributed by atoms with Crippen LogP contribution in [0, 0.1) is 5.82 Å². The lowest BCUT2D eigenvalue weighted by atomic mass is 10.2. The number of benzene rings is 2. The Labute approximate surface area is 150 Å². The number of fused-ring (bicyclic) bond motifs is 1. The first kappa shape index (κ1) is 17.6. The Kier molecular flexibility index (Phi) is 5.26. The van der Waals surface area contributed by atoms with E-state index in [-0.39, 0.29) is 30.7 Å². The lowest BCUT2D eigenvalue weighted by Gasteiger charge is -2.10. The van der Waals surface area contributed by atoms with Gasteiger partial charge in [0.1, 0.15) is 18.2 Å². The summed E-state index contributed by atoms with van der Waals surface area (Å²) in [5.41, 5.74) is 2.40. The molecular formula is C19H19FN4O2. The molecule has 0 saturated carbocycles. The van der Waals surface area contributed by atoms with Crippen LogP contribution >= 0.6 is 0 Å². The van der Waals surface area contributed by atoms with E-state index in [0.717, 1.165) is 16.6 Å². The van der Waals surface area contributed by atoms with E-state index < -0.39 is 0 Å². The highest BCUT2D eigenvalue weighted by Crippen LogP contribution is 2.16. The molecule has 2 N–H and O–H groups in total. The minimum absolute atomic E-state index is 0.0800. The number of aromatic nitrogens is 2. The van der Waals surface area contributed by atoms with Gasteiger partial charge in [-0.15, -0.1) is 0 Å². The largest absolute Gasteiger partial charge is 0.350 e. The van der Waals surface area contributed by atoms with Crippen LogP contribution in [0.25, 0.3) is 11.0 Å². The van der Waals surface area contributed by atoms with Crippen molar-refractivity contribution in [2.45, 2.75) is 26.6 Å². The Balaban J connectivity index is 1.73. The van der Waals surface area contributed by atoms with Gasteiger partial charge in [-0.3, -0.25) is 9.59 Å². The highest BCUT2D eigenvalue weighted by molar-refractivity contribution is 5.81. The van der Waals surface area contributed by atoms with Crippen LogP contribution in [0.1, 0.15) is 18.3 Å². The minimum atomic E-state index is -0.312. The van der Waals surface area contributed by atoms with Gasteiger partial charge in [0.25, 0.3) is 0 Å². The van der Waals surface area contributed by atoms with Crippen LogP contribution in [0.5, 0.6) is 0 Å². The van der Waals surface area contributed by atoms with Crippen molar-refractivity contribution in [2.24, 2.45) is 0 Å². The quantitative estimate of drug-likeness (QED) is 0.712. The van der Waals surface area contributed by atoms with Crippen LogP contribution in [0.4, 0.5) is 4.39 Å². The summed E-state index contributed by atoms with van der Waals surface area (Å²) >= 11 is 0. The van der Waals surface area contributed by atoms with E-state index in [1.54, 1.807) is 16.7 Å². The van der Waals surface area contributed by atoms with Crippen LogP contribution in [0.15, 0.2) is 48.5 Å². The molecule has 0 fully saturated rings. The number of imidazole rings is 1. The summed E-state index contributed by atoms with van der Waals surface area (Å²) in [6.07, 6.45) is 0. The highest BCUT2D eigenvalue weighted by Gasteiger charge is 2.13. The zero-order chi connectivity index (χ0) is 18.5. The number of nitrogens with zero attached hydrogens (tertiary/aromatic N) is 2. The fourth-order valence-electron chi connectivity index (χ4n) is 2.64. The summed E-state index contributed by atoms with van der Waals surface area (Å²) in [5, 5.41) is 5.53. The number of para-hydroxylation sites is 2. The number of carbonyl (C=O) groups excluding carboxylic acids is 2. The average molecular weight is 354 g/mol. The van der Waals surface area contributed by atoms with E-state index in [9.17, 15) is 14.0 Å². The van der Waals surface area contributed by atoms with E-state index in [1.165, 1.54) is 19.1 Å². The third-order valence-corrected chi connectivity index (χ3v) is 3.93. The van der Waals surface area contributed by atoms with Crippen molar-refractivity contribution in [3.63, 3.8) is 0 Å². The van der Waals surface area contributed by atoms with Crippen molar-refractivity contribution >= 4 is 22.8 Å². The molecule has 0 aliphatic carbocycles. The number of hydrogen-bond donors (Lipinski definition) is 2. The molecule has 2 amide bonds. The van der Waals surface area contributed by atoms with E-state index in [1.807, 2.05) is 24.3 Å². The zero-order valence-electron chi connectivity index (χ0n) is 14.3. The van der Waals surface area contributed by atoms with Crippen molar-refractivity contribution in [2.75, 3.05) is 0 Å². The Bertz CT molecular complexity index is 934. The van der Waals surface area contributed by atoms with Gasteiger partial charge in [-0.1, -0.05) is 24.3 Å². The van der Waals surface area contributed by atoms with Crippen molar-refractivity contribution in [1.29, 1.82) is 0 Å². The monoisotopic (exact) mass is 354 g/mol. The van der Waals surface area contributed by atoms with Crippen molar-refractivity contribution in [3.05, 3.63) is 65.7 Å². The summed E-state index contributed by atoms with van der Waals surface area (Å²) < 4.78 is 14.7. The number of rotatable bonds is 6. The van der Waals surface area contributed by atoms with Crippen LogP contribution in [0.2, 0.25) is 0 Å². The van der Waals surface area contributed by atoms with Crippen molar-refractivity contribution < 1.29 is 14.0 Å². The Morgan fingerprint density at radius 3 is 2.50 bits per heavy atom. The van der Waals surface area contributed by atoms with Gasteiger partial charge >= 0.3 is 0 Å². The number of halogens is 1. The maximum Gasteiger partial charge on any atom is 0.240 e. The maximum atomic E-state index is 12.9. The molecule has 0 unspecified atom stereocenters. The van der Waals surface area contributed by atoms with Gasteiger partial charge < -0.3 is 15.2 Å². The second-order valence-electron chi connectivity index (χ2n) is 5.92. The summed E-state index contributed by atoms with van der Waals surface area (Å²) in [7, 11) is 0. The Morgan fingerprint density at radius 2 is 1.77 bits per heavy atom. The Morgan fingerprint density at radius 1 is 1.04 bits per heavy atom. The molecular weight excluding hydrogens is 335 g/mol. The van der Waals surface area contributed by atoms with Gasteiger partial charge in [0.2, 0.25) is 11.8 Å². The third kappa shape index (κ3) is 4.24. The molecule has 3 rings (SSSR count). The third-order valence-electron chi connectivity index (χ3n) is 3.93. The topological polar surface area (TPSA) is 76.0 Å². The predicted molar refractivity (Wildman–Crippen MR) is 95.5 cm³/mol. The van der Waals surface area contributed by atoms with Gasteiger partial charge in [0, 0.05) is 13.5 Å². The maximum absolute atomic E-state index is 12.9. The van der Waals surface area contributed by atoms with E-state index >= 15 is 0 Å². The summed E-state index contributed by atoms with van der Waals surface area (Å²) in [4.78, 5) is 28.1. The zero-order valence-corrected chi connectivity index (χ0v) is 14.3. The molecule has 0 atom stereocenters. The molecule has 0 radical (unpaired) electrons. The first-order chi connectivity index (χ1) is 12.5. The van der Waals surface area contributed by atoms with E-state index in [2.05, 4.69) is 15.6 Å². The smallest absolute Gasteiger partial charge is 0.240 e. The molecule has 0 bridgehead atoms. The molecule has 0 aliphatic rings. The first-order valence-corrected chi connectivity index (χ1v) is 8.22. The van der Waals surface area contributed by atoms with Crippen LogP contribution in [0.3, 0.4) is 0 Å². The summed E-state index contributed by atoms with van der Waals surface area (Å²) in [6.45, 7) is 2.07. The molecule has 2 aromatic carbocycles. The normalized spacial score (nSPS) is 10.7. The summed E-state index contributed by atoms with van der Waals surface area (Å²) in [6, 6.07) is 13.5. The lowest BCUT2D eigenvalue weighted by molar-refractivity contribution is -0.121. The molecule has 26 heavy (non-hydrogen) atoms. The second-order valence-corrected chi connectivity index (χ2v) is 5.92.